The third-order valence-electron chi connectivity index (χ3n) is 24.4. The molecule has 0 atom stereocenters. The molecule has 21 rings (SSSR count). The van der Waals surface area contributed by atoms with Gasteiger partial charge in [0.15, 0.2) is 0 Å². The molecule has 0 N–H and O–H groups in total. The van der Waals surface area contributed by atoms with E-state index in [9.17, 15) is 25.8 Å². The first-order valence-electron chi connectivity index (χ1n) is 48.5. The predicted octanol–water partition coefficient (Wildman–Crippen LogP) is 28.8. The molecule has 19 aromatic rings. The van der Waals surface area contributed by atoms with Gasteiger partial charge < -0.3 is 18.6 Å². The summed E-state index contributed by atoms with van der Waals surface area (Å²) in [7, 11) is 0. The first kappa shape index (κ1) is 59.3. The molecule has 578 valence electrons. The molecule has 0 fully saturated rings. The van der Waals surface area contributed by atoms with Crippen molar-refractivity contribution >= 4 is 117 Å². The maximum absolute atomic E-state index is 10.9. The van der Waals surface area contributed by atoms with Crippen LogP contribution in [0.2, 0.25) is 0 Å². The minimum Gasteiger partial charge on any atom is -0.310 e. The lowest BCUT2D eigenvalue weighted by molar-refractivity contribution is 0.590. The fourth-order valence-corrected chi connectivity index (χ4v) is 19.5. The third-order valence-corrected chi connectivity index (χ3v) is 25.6. The summed E-state index contributed by atoms with van der Waals surface area (Å²) in [5, 5.41) is 12.5. The summed E-state index contributed by atoms with van der Waals surface area (Å²) in [6, 6.07) is 81.3. The zero-order chi connectivity index (χ0) is 95.0. The Kier molecular flexibility index (Phi) is 13.8. The van der Waals surface area contributed by atoms with Gasteiger partial charge in [0.05, 0.1) is 76.7 Å². The van der Waals surface area contributed by atoms with Crippen LogP contribution in [0.25, 0.3) is 149 Å². The second-order valence-electron chi connectivity index (χ2n) is 36.1. The number of benzene rings is 16. The van der Waals surface area contributed by atoms with E-state index >= 15 is 0 Å². The number of fused-ring (bicyclic) bond motifs is 13. The lowest BCUT2D eigenvalue weighted by Crippen LogP contribution is -2.60. The van der Waals surface area contributed by atoms with Gasteiger partial charge >= 0.3 is 0 Å². The Morgan fingerprint density at radius 2 is 0.750 bits per heavy atom. The first-order chi connectivity index (χ1) is 64.2. The standard InChI is InChI=1S/C113H92BN5S/c1-110(2,3)81-38-28-36-74(58-81)90-60-79(73-34-20-15-21-35-73)61-91(75-37-29-39-82(59-75)111(4,5)6)108(90)119-103-66-85(116-99-45-27-24-42-89(99)92-54-70(69-115)46-51-100(92)116)49-50-95(103)114-96-62-80(78-56-76(71-30-16-13-17-31-71)55-77(57-78)72-32-18-14-19-33-72)63-105(118-101-52-47-83(112(7,8)9)64-93(101)94-65-84(113(10,11)12)48-53-102(94)118)109(96)120-106-68-86(67-104(119)107(106)114)117-97-43-25-22-40-87(97)88-41-23-26-44-98(88)117/h13-68H,1-12H3/i22D,23D,24D,25D,26D,27D,40D,41D,42D,43D,44D,45D,46D,51D,54D. The van der Waals surface area contributed by atoms with Crippen molar-refractivity contribution in [2.75, 3.05) is 4.90 Å². The number of nitriles is 1. The van der Waals surface area contributed by atoms with Crippen LogP contribution in [-0.4, -0.2) is 20.4 Å². The maximum atomic E-state index is 10.9. The highest BCUT2D eigenvalue weighted by atomic mass is 32.2. The van der Waals surface area contributed by atoms with Crippen LogP contribution in [0.15, 0.2) is 349 Å². The molecule has 2 aliphatic heterocycles. The van der Waals surface area contributed by atoms with Crippen LogP contribution in [-0.2, 0) is 21.7 Å². The van der Waals surface area contributed by atoms with Crippen molar-refractivity contribution in [3.8, 4) is 89.9 Å². The number of rotatable bonds is 10. The molecule has 0 bridgehead atoms. The number of anilines is 3. The summed E-state index contributed by atoms with van der Waals surface area (Å²) in [6.07, 6.45) is 0. The average molecular weight is 1580 g/mol. The highest BCUT2D eigenvalue weighted by molar-refractivity contribution is 8.00. The lowest BCUT2D eigenvalue weighted by Gasteiger charge is -2.43. The summed E-state index contributed by atoms with van der Waals surface area (Å²) in [4.78, 5) is 3.73. The summed E-state index contributed by atoms with van der Waals surface area (Å²) >= 11 is 1.54. The average Bonchev–Trinajstić information content (AvgIpc) is 1.66. The van der Waals surface area contributed by atoms with Gasteiger partial charge in [0.2, 0.25) is 6.71 Å². The zero-order valence-corrected chi connectivity index (χ0v) is 69.7. The highest BCUT2D eigenvalue weighted by Crippen LogP contribution is 2.55. The van der Waals surface area contributed by atoms with Crippen molar-refractivity contribution in [2.45, 2.75) is 115 Å². The van der Waals surface area contributed by atoms with Crippen LogP contribution in [0.3, 0.4) is 0 Å². The van der Waals surface area contributed by atoms with E-state index in [0.29, 0.717) is 22.0 Å². The molecule has 3 aromatic heterocycles. The Labute approximate surface area is 729 Å². The van der Waals surface area contributed by atoms with Gasteiger partial charge in [0, 0.05) is 76.0 Å². The molecule has 7 heteroatoms. The van der Waals surface area contributed by atoms with Gasteiger partial charge in [-0.15, -0.1) is 0 Å². The SMILES string of the molecule is [2H]c1c([2H])c([2H])c2c(c1[2H])c1c([2H])c([2H])c([2H])c([2H])c1n2-c1cc2c3c(c1)N(c1c(-c4cccc(C(C)(C)C)c4)cc(-c4ccccc4)cc1-c1cccc(C(C)(C)C)c1)c1cc(-n4c5c([2H])c([2H])c([2H])c([2H])c5c5c([2H])c(C#N)c([2H])c([2H])c54)ccc1B3c1cc(-c3cc(-c4ccccc4)cc(-c4ccccc4)c3)cc(-n3c4ccc(C(C)(C)C)cc4c4cc(C(C)(C)C)ccc43)c1S2. The van der Waals surface area contributed by atoms with E-state index in [1.165, 1.54) is 11.8 Å². The number of para-hydroxylation sites is 3. The highest BCUT2D eigenvalue weighted by Gasteiger charge is 2.45. The van der Waals surface area contributed by atoms with Crippen molar-refractivity contribution in [3.05, 3.63) is 367 Å². The largest absolute Gasteiger partial charge is 0.310 e. The monoisotopic (exact) mass is 1580 g/mol. The molecule has 0 spiro atoms. The smallest absolute Gasteiger partial charge is 0.249 e. The number of nitrogens with zero attached hydrogens (tertiary/aromatic N) is 5. The molecule has 120 heavy (non-hydrogen) atoms. The predicted molar refractivity (Wildman–Crippen MR) is 511 cm³/mol. The van der Waals surface area contributed by atoms with E-state index in [2.05, 4.69) is 287 Å². The van der Waals surface area contributed by atoms with Crippen LogP contribution >= 0.6 is 11.8 Å². The van der Waals surface area contributed by atoms with Crippen molar-refractivity contribution in [1.29, 1.82) is 5.26 Å². The van der Waals surface area contributed by atoms with Crippen molar-refractivity contribution in [1.82, 2.24) is 13.7 Å². The molecule has 0 saturated carbocycles. The van der Waals surface area contributed by atoms with Gasteiger partial charge in [-0.2, -0.15) is 5.26 Å². The number of hydrogen-bond donors (Lipinski definition) is 0. The molecule has 0 unspecified atom stereocenters. The van der Waals surface area contributed by atoms with E-state index in [1.807, 2.05) is 60.7 Å². The van der Waals surface area contributed by atoms with Crippen LogP contribution in [0.1, 0.15) is 131 Å². The lowest BCUT2D eigenvalue weighted by atomic mass is 9.34. The molecule has 2 aliphatic rings. The Hall–Kier alpha value is -13.4. The maximum Gasteiger partial charge on any atom is 0.249 e. The second kappa shape index (κ2) is 27.9. The Bertz CT molecular complexity index is 8170. The molecule has 0 amide bonds. The van der Waals surface area contributed by atoms with Gasteiger partial charge in [-0.25, -0.2) is 0 Å². The van der Waals surface area contributed by atoms with Crippen molar-refractivity contribution in [3.63, 3.8) is 0 Å². The molecule has 0 aliphatic carbocycles. The topological polar surface area (TPSA) is 41.8 Å². The quantitative estimate of drug-likeness (QED) is 0.128. The molecule has 5 heterocycles. The minimum absolute atomic E-state index is 0.0961. The molecular formula is C113H92BN5S. The third kappa shape index (κ3) is 12.3. The summed E-state index contributed by atoms with van der Waals surface area (Å²) < 4.78 is 153. The summed E-state index contributed by atoms with van der Waals surface area (Å²) in [5.74, 6) is 0. The molecule has 5 nitrogen and oxygen atoms in total. The van der Waals surface area contributed by atoms with Crippen molar-refractivity contribution in [2.24, 2.45) is 0 Å². The Balaban J connectivity index is 1.01. The van der Waals surface area contributed by atoms with E-state index in [-0.39, 0.29) is 65.8 Å². The van der Waals surface area contributed by atoms with E-state index in [1.54, 1.807) is 9.13 Å². The first-order valence-corrected chi connectivity index (χ1v) is 41.8. The number of aromatic nitrogens is 3. The second-order valence-corrected chi connectivity index (χ2v) is 37.2. The molecule has 0 saturated heterocycles. The summed E-state index contributed by atoms with van der Waals surface area (Å²) in [5.41, 5.74) is 19.9. The Morgan fingerprint density at radius 3 is 1.25 bits per heavy atom. The van der Waals surface area contributed by atoms with Crippen LogP contribution in [0, 0.1) is 11.3 Å². The van der Waals surface area contributed by atoms with E-state index < -0.39 is 114 Å². The van der Waals surface area contributed by atoms with Crippen LogP contribution in [0.5, 0.6) is 0 Å². The minimum atomic E-state index is -0.852. The van der Waals surface area contributed by atoms with E-state index in [0.717, 1.165) is 138 Å². The summed E-state index contributed by atoms with van der Waals surface area (Å²) in [6.45, 7) is 25.6. The fraction of sp³-hybridized carbons (Fsp3) is 0.142. The van der Waals surface area contributed by atoms with Gasteiger partial charge in [0.25, 0.3) is 0 Å². The van der Waals surface area contributed by atoms with Crippen molar-refractivity contribution < 1.29 is 20.6 Å². The Morgan fingerprint density at radius 1 is 0.317 bits per heavy atom. The zero-order valence-electron chi connectivity index (χ0n) is 83.9. The van der Waals surface area contributed by atoms with Crippen LogP contribution in [0.4, 0.5) is 17.1 Å². The molecular weight excluding hydrogens is 1470 g/mol. The van der Waals surface area contributed by atoms with E-state index in [4.69, 9.17) is 0 Å². The fourth-order valence-electron chi connectivity index (χ4n) is 18.2. The van der Waals surface area contributed by atoms with Crippen LogP contribution < -0.4 is 21.3 Å². The molecule has 0 radical (unpaired) electrons. The van der Waals surface area contributed by atoms with Gasteiger partial charge in [-0.1, -0.05) is 318 Å². The van der Waals surface area contributed by atoms with Gasteiger partial charge in [-0.3, -0.25) is 0 Å². The van der Waals surface area contributed by atoms with Gasteiger partial charge in [-0.05, 0) is 232 Å². The molecule has 16 aromatic carbocycles. The normalized spacial score (nSPS) is 14.7. The van der Waals surface area contributed by atoms with Gasteiger partial charge in [0.1, 0.15) is 0 Å². The number of hydrogen-bond acceptors (Lipinski definition) is 3.